The second-order valence-corrected chi connectivity index (χ2v) is 7.84. The molecule has 2 aliphatic heterocycles. The number of halogens is 1. The van der Waals surface area contributed by atoms with Crippen molar-refractivity contribution < 1.29 is 14.3 Å². The van der Waals surface area contributed by atoms with E-state index in [-0.39, 0.29) is 41.8 Å². The van der Waals surface area contributed by atoms with Crippen molar-refractivity contribution in [3.8, 4) is 0 Å². The van der Waals surface area contributed by atoms with Crippen LogP contribution in [0.3, 0.4) is 0 Å². The van der Waals surface area contributed by atoms with Crippen LogP contribution in [0.25, 0.3) is 0 Å². The molecule has 23 heavy (non-hydrogen) atoms. The molecule has 3 fully saturated rings. The van der Waals surface area contributed by atoms with Gasteiger partial charge in [-0.1, -0.05) is 13.8 Å². The molecular weight excluding hydrogens is 316 g/mol. The maximum atomic E-state index is 12.9. The van der Waals surface area contributed by atoms with Gasteiger partial charge >= 0.3 is 0 Å². The summed E-state index contributed by atoms with van der Waals surface area (Å²) < 4.78 is 11.3. The average molecular weight is 347 g/mol. The van der Waals surface area contributed by atoms with E-state index in [1.54, 1.807) is 0 Å². The van der Waals surface area contributed by atoms with Crippen molar-refractivity contribution >= 4 is 18.3 Å². The number of nitrogens with one attached hydrogen (secondary N) is 1. The molecule has 1 saturated carbocycles. The summed E-state index contributed by atoms with van der Waals surface area (Å²) in [5, 5.41) is 3.21. The lowest BCUT2D eigenvalue weighted by Crippen LogP contribution is -2.82. The molecule has 5 nitrogen and oxygen atoms in total. The fraction of sp³-hybridized carbons (Fsp3) is 0.941. The highest BCUT2D eigenvalue weighted by Crippen LogP contribution is 2.57. The minimum Gasteiger partial charge on any atom is -0.381 e. The second kappa shape index (κ2) is 6.87. The molecule has 0 spiro atoms. The molecule has 2 heterocycles. The number of nitrogens with two attached hydrogens (primary N) is 1. The Balaban J connectivity index is 0.00000192. The van der Waals surface area contributed by atoms with Gasteiger partial charge < -0.3 is 20.5 Å². The molecule has 6 heteroatoms. The van der Waals surface area contributed by atoms with Crippen molar-refractivity contribution in [2.24, 2.45) is 23.0 Å². The van der Waals surface area contributed by atoms with Crippen LogP contribution >= 0.6 is 12.4 Å². The maximum Gasteiger partial charge on any atom is 0.241 e. The van der Waals surface area contributed by atoms with Crippen LogP contribution in [0, 0.1) is 17.3 Å². The third-order valence-electron chi connectivity index (χ3n) is 6.39. The van der Waals surface area contributed by atoms with Crippen LogP contribution < -0.4 is 11.1 Å². The number of fused-ring (bicyclic) bond motifs is 1. The number of hydrogen-bond donors (Lipinski definition) is 2. The van der Waals surface area contributed by atoms with Gasteiger partial charge in [0.2, 0.25) is 5.91 Å². The first-order valence-corrected chi connectivity index (χ1v) is 8.68. The number of rotatable bonds is 3. The SMILES string of the molecule is CC(NC(=O)C1(N)C2CCCOC2C1(C)C)C1CCOCC1.Cl. The summed E-state index contributed by atoms with van der Waals surface area (Å²) in [4.78, 5) is 12.9. The zero-order valence-corrected chi connectivity index (χ0v) is 15.3. The van der Waals surface area contributed by atoms with Gasteiger partial charge in [-0.2, -0.15) is 0 Å². The van der Waals surface area contributed by atoms with Gasteiger partial charge in [0, 0.05) is 37.2 Å². The van der Waals surface area contributed by atoms with Crippen molar-refractivity contribution in [1.29, 1.82) is 0 Å². The van der Waals surface area contributed by atoms with Crippen LogP contribution in [0.15, 0.2) is 0 Å². The van der Waals surface area contributed by atoms with Crippen LogP contribution in [0.2, 0.25) is 0 Å². The molecule has 1 amide bonds. The molecule has 3 N–H and O–H groups in total. The first-order valence-electron chi connectivity index (χ1n) is 8.68. The Labute approximate surface area is 145 Å². The van der Waals surface area contributed by atoms with E-state index >= 15 is 0 Å². The molecule has 0 aromatic heterocycles. The molecule has 4 unspecified atom stereocenters. The average Bonchev–Trinajstić information content (AvgIpc) is 2.54. The Kier molecular flexibility index (Phi) is 5.66. The third-order valence-corrected chi connectivity index (χ3v) is 6.39. The highest BCUT2D eigenvalue weighted by Gasteiger charge is 2.70. The van der Waals surface area contributed by atoms with Crippen LogP contribution in [0.5, 0.6) is 0 Å². The van der Waals surface area contributed by atoms with Gasteiger partial charge in [-0.05, 0) is 38.5 Å². The Hall–Kier alpha value is -0.360. The molecule has 0 bridgehead atoms. The summed E-state index contributed by atoms with van der Waals surface area (Å²) in [7, 11) is 0. The smallest absolute Gasteiger partial charge is 0.241 e. The first-order chi connectivity index (χ1) is 10.4. The number of ether oxygens (including phenoxy) is 2. The van der Waals surface area contributed by atoms with E-state index in [0.29, 0.717) is 5.92 Å². The van der Waals surface area contributed by atoms with E-state index < -0.39 is 5.54 Å². The van der Waals surface area contributed by atoms with E-state index in [1.165, 1.54) is 0 Å². The monoisotopic (exact) mass is 346 g/mol. The molecule has 134 valence electrons. The Morgan fingerprint density at radius 1 is 1.22 bits per heavy atom. The van der Waals surface area contributed by atoms with Gasteiger partial charge in [-0.25, -0.2) is 0 Å². The van der Waals surface area contributed by atoms with E-state index in [1.807, 2.05) is 0 Å². The van der Waals surface area contributed by atoms with Crippen molar-refractivity contribution in [3.63, 3.8) is 0 Å². The van der Waals surface area contributed by atoms with Crippen molar-refractivity contribution in [3.05, 3.63) is 0 Å². The Bertz CT molecular complexity index is 440. The number of amides is 1. The van der Waals surface area contributed by atoms with Crippen molar-refractivity contribution in [2.75, 3.05) is 19.8 Å². The molecule has 4 atom stereocenters. The molecule has 3 rings (SSSR count). The summed E-state index contributed by atoms with van der Waals surface area (Å²) >= 11 is 0. The fourth-order valence-corrected chi connectivity index (χ4v) is 4.70. The summed E-state index contributed by atoms with van der Waals surface area (Å²) in [6.07, 6.45) is 4.13. The normalized spacial score (nSPS) is 37.7. The summed E-state index contributed by atoms with van der Waals surface area (Å²) in [6.45, 7) is 8.61. The maximum absolute atomic E-state index is 12.9. The summed E-state index contributed by atoms with van der Waals surface area (Å²) in [5.74, 6) is 0.643. The van der Waals surface area contributed by atoms with Gasteiger partial charge in [-0.3, -0.25) is 4.79 Å². The highest BCUT2D eigenvalue weighted by atomic mass is 35.5. The largest absolute Gasteiger partial charge is 0.381 e. The van der Waals surface area contributed by atoms with Gasteiger partial charge in [0.1, 0.15) is 5.54 Å². The van der Waals surface area contributed by atoms with Crippen molar-refractivity contribution in [1.82, 2.24) is 5.32 Å². The van der Waals surface area contributed by atoms with E-state index in [9.17, 15) is 4.79 Å². The lowest BCUT2D eigenvalue weighted by molar-refractivity contribution is -0.225. The van der Waals surface area contributed by atoms with Gasteiger partial charge in [0.15, 0.2) is 0 Å². The zero-order chi connectivity index (χ0) is 16.0. The fourth-order valence-electron chi connectivity index (χ4n) is 4.70. The lowest BCUT2D eigenvalue weighted by Gasteiger charge is -2.65. The molecule has 2 saturated heterocycles. The quantitative estimate of drug-likeness (QED) is 0.818. The van der Waals surface area contributed by atoms with Crippen LogP contribution in [-0.4, -0.2) is 43.4 Å². The predicted octanol–water partition coefficient (Wildman–Crippen LogP) is 1.87. The molecule has 0 aromatic rings. The first kappa shape index (κ1) is 19.0. The van der Waals surface area contributed by atoms with Gasteiger partial charge in [-0.15, -0.1) is 12.4 Å². The van der Waals surface area contributed by atoms with Gasteiger partial charge in [0.25, 0.3) is 0 Å². The zero-order valence-electron chi connectivity index (χ0n) is 14.5. The highest BCUT2D eigenvalue weighted by molar-refractivity contribution is 5.89. The van der Waals surface area contributed by atoms with E-state index in [4.69, 9.17) is 15.2 Å². The number of carbonyl (C=O) groups is 1. The van der Waals surface area contributed by atoms with Gasteiger partial charge in [0.05, 0.1) is 6.10 Å². The lowest BCUT2D eigenvalue weighted by atomic mass is 9.46. The Morgan fingerprint density at radius 3 is 2.52 bits per heavy atom. The standard InChI is InChI=1S/C17H30N2O3.ClH/c1-11(12-6-9-21-10-7-12)19-15(20)17(18)13-5-4-8-22-14(13)16(17,2)3;/h11-14H,4-10,18H2,1-3H3,(H,19,20);1H. The molecule has 0 radical (unpaired) electrons. The predicted molar refractivity (Wildman–Crippen MR) is 91.6 cm³/mol. The number of carbonyl (C=O) groups excluding carboxylic acids is 1. The van der Waals surface area contributed by atoms with Crippen molar-refractivity contribution in [2.45, 2.75) is 64.1 Å². The Morgan fingerprint density at radius 2 is 1.87 bits per heavy atom. The molecular formula is C17H31ClN2O3. The van der Waals surface area contributed by atoms with E-state index in [0.717, 1.165) is 45.5 Å². The van der Waals surface area contributed by atoms with Crippen LogP contribution in [0.4, 0.5) is 0 Å². The summed E-state index contributed by atoms with van der Waals surface area (Å²) in [6, 6.07) is 0.149. The summed E-state index contributed by atoms with van der Waals surface area (Å²) in [5.41, 5.74) is 5.52. The molecule has 1 aliphatic carbocycles. The topological polar surface area (TPSA) is 73.6 Å². The number of hydrogen-bond acceptors (Lipinski definition) is 4. The minimum atomic E-state index is -0.808. The third kappa shape index (κ3) is 2.90. The molecule has 0 aromatic carbocycles. The van der Waals surface area contributed by atoms with E-state index in [2.05, 4.69) is 26.1 Å². The molecule has 3 aliphatic rings. The van der Waals surface area contributed by atoms with Crippen LogP contribution in [0.1, 0.15) is 46.5 Å². The minimum absolute atomic E-state index is 0. The second-order valence-electron chi connectivity index (χ2n) is 7.84. The van der Waals surface area contributed by atoms with Crippen LogP contribution in [-0.2, 0) is 14.3 Å².